The third kappa shape index (κ3) is 6.74. The standard InChI is InChI=1S/C19H28N4OS/c1-5-20-18(21-11-12-24-16-9-7-6-8-10-16)22-13-15-14-25-17(23-15)19(2,3)4/h6-10,14H,5,11-13H2,1-4H3,(H2,20,21,22). The van der Waals surface area contributed by atoms with Crippen molar-refractivity contribution in [2.75, 3.05) is 19.7 Å². The highest BCUT2D eigenvalue weighted by atomic mass is 32.1. The minimum absolute atomic E-state index is 0.0875. The van der Waals surface area contributed by atoms with Gasteiger partial charge in [0.25, 0.3) is 0 Å². The van der Waals surface area contributed by atoms with Crippen LogP contribution in [0.25, 0.3) is 0 Å². The number of thiazole rings is 1. The van der Waals surface area contributed by atoms with Gasteiger partial charge in [0.05, 0.1) is 23.8 Å². The summed E-state index contributed by atoms with van der Waals surface area (Å²) < 4.78 is 5.68. The summed E-state index contributed by atoms with van der Waals surface area (Å²) in [5.41, 5.74) is 1.09. The van der Waals surface area contributed by atoms with Crippen LogP contribution in [0.15, 0.2) is 40.7 Å². The maximum absolute atomic E-state index is 5.68. The molecule has 0 saturated heterocycles. The predicted octanol–water partition coefficient (Wildman–Crippen LogP) is 3.57. The van der Waals surface area contributed by atoms with E-state index in [2.05, 4.69) is 53.7 Å². The summed E-state index contributed by atoms with van der Waals surface area (Å²) in [6, 6.07) is 9.81. The molecule has 2 N–H and O–H groups in total. The number of guanidine groups is 1. The van der Waals surface area contributed by atoms with Crippen LogP contribution in [0.3, 0.4) is 0 Å². The molecule has 1 heterocycles. The lowest BCUT2D eigenvalue weighted by Gasteiger charge is -2.13. The molecule has 2 aromatic rings. The maximum Gasteiger partial charge on any atom is 0.191 e. The molecule has 0 fully saturated rings. The molecule has 0 amide bonds. The summed E-state index contributed by atoms with van der Waals surface area (Å²) in [6.07, 6.45) is 0. The molecule has 1 aromatic heterocycles. The highest BCUT2D eigenvalue weighted by Gasteiger charge is 2.17. The monoisotopic (exact) mass is 360 g/mol. The highest BCUT2D eigenvalue weighted by Crippen LogP contribution is 2.25. The number of aromatic nitrogens is 1. The summed E-state index contributed by atoms with van der Waals surface area (Å²) in [7, 11) is 0. The molecular formula is C19H28N4OS. The topological polar surface area (TPSA) is 58.5 Å². The number of ether oxygens (including phenoxy) is 1. The van der Waals surface area contributed by atoms with Crippen LogP contribution in [0.2, 0.25) is 0 Å². The Hall–Kier alpha value is -2.08. The number of nitrogens with zero attached hydrogens (tertiary/aromatic N) is 2. The smallest absolute Gasteiger partial charge is 0.191 e. The number of benzene rings is 1. The van der Waals surface area contributed by atoms with Crippen LogP contribution in [0, 0.1) is 0 Å². The van der Waals surface area contributed by atoms with Crippen LogP contribution >= 0.6 is 11.3 Å². The van der Waals surface area contributed by atoms with Gasteiger partial charge < -0.3 is 15.4 Å². The molecule has 0 radical (unpaired) electrons. The third-order valence-electron chi connectivity index (χ3n) is 3.34. The lowest BCUT2D eigenvalue weighted by atomic mass is 9.98. The van der Waals surface area contributed by atoms with Crippen molar-refractivity contribution in [1.29, 1.82) is 0 Å². The number of para-hydroxylation sites is 1. The van der Waals surface area contributed by atoms with Gasteiger partial charge in [-0.05, 0) is 19.1 Å². The molecule has 2 rings (SSSR count). The van der Waals surface area contributed by atoms with Crippen molar-refractivity contribution in [3.63, 3.8) is 0 Å². The number of nitrogens with one attached hydrogen (secondary N) is 2. The van der Waals surface area contributed by atoms with E-state index in [0.29, 0.717) is 19.7 Å². The van der Waals surface area contributed by atoms with Crippen molar-refractivity contribution in [3.05, 3.63) is 46.4 Å². The number of rotatable bonds is 7. The lowest BCUT2D eigenvalue weighted by molar-refractivity contribution is 0.322. The van der Waals surface area contributed by atoms with Crippen LogP contribution < -0.4 is 15.4 Å². The first kappa shape index (κ1) is 19.2. The van der Waals surface area contributed by atoms with Gasteiger partial charge in [0, 0.05) is 17.3 Å². The van der Waals surface area contributed by atoms with E-state index in [-0.39, 0.29) is 5.41 Å². The molecule has 0 unspecified atom stereocenters. The van der Waals surface area contributed by atoms with Crippen molar-refractivity contribution >= 4 is 17.3 Å². The Kier molecular flexibility index (Phi) is 7.25. The third-order valence-corrected chi connectivity index (χ3v) is 4.66. The zero-order valence-corrected chi connectivity index (χ0v) is 16.3. The Morgan fingerprint density at radius 2 is 1.96 bits per heavy atom. The molecule has 5 nitrogen and oxygen atoms in total. The molecule has 6 heteroatoms. The Balaban J connectivity index is 1.82. The first-order valence-electron chi connectivity index (χ1n) is 8.64. The van der Waals surface area contributed by atoms with Gasteiger partial charge in [-0.2, -0.15) is 0 Å². The van der Waals surface area contributed by atoms with E-state index < -0.39 is 0 Å². The van der Waals surface area contributed by atoms with Crippen LogP contribution in [0.1, 0.15) is 38.4 Å². The minimum atomic E-state index is 0.0875. The molecular weight excluding hydrogens is 332 g/mol. The zero-order chi connectivity index (χ0) is 18.1. The van der Waals surface area contributed by atoms with Gasteiger partial charge in [0.2, 0.25) is 0 Å². The van der Waals surface area contributed by atoms with Gasteiger partial charge in [-0.15, -0.1) is 11.3 Å². The second-order valence-electron chi connectivity index (χ2n) is 6.68. The van der Waals surface area contributed by atoms with Crippen molar-refractivity contribution in [2.24, 2.45) is 4.99 Å². The highest BCUT2D eigenvalue weighted by molar-refractivity contribution is 7.09. The Labute approximate surface area is 154 Å². The van der Waals surface area contributed by atoms with Gasteiger partial charge in [0.1, 0.15) is 12.4 Å². The van der Waals surface area contributed by atoms with E-state index >= 15 is 0 Å². The molecule has 0 atom stereocenters. The van der Waals surface area contributed by atoms with Gasteiger partial charge >= 0.3 is 0 Å². The molecule has 0 spiro atoms. The maximum atomic E-state index is 5.68. The zero-order valence-electron chi connectivity index (χ0n) is 15.5. The Bertz CT molecular complexity index is 662. The molecule has 25 heavy (non-hydrogen) atoms. The van der Waals surface area contributed by atoms with E-state index in [9.17, 15) is 0 Å². The van der Waals surface area contributed by atoms with Gasteiger partial charge in [-0.25, -0.2) is 9.98 Å². The fourth-order valence-corrected chi connectivity index (χ4v) is 2.98. The molecule has 136 valence electrons. The normalized spacial score (nSPS) is 12.1. The van der Waals surface area contributed by atoms with Gasteiger partial charge in [0.15, 0.2) is 5.96 Å². The summed E-state index contributed by atoms with van der Waals surface area (Å²) in [6.45, 7) is 11.2. The van der Waals surface area contributed by atoms with E-state index in [4.69, 9.17) is 4.74 Å². The quantitative estimate of drug-likeness (QED) is 0.450. The van der Waals surface area contributed by atoms with Gasteiger partial charge in [-0.1, -0.05) is 39.0 Å². The van der Waals surface area contributed by atoms with Crippen molar-refractivity contribution in [1.82, 2.24) is 15.6 Å². The van der Waals surface area contributed by atoms with E-state index in [0.717, 1.165) is 29.0 Å². The number of hydrogen-bond donors (Lipinski definition) is 2. The van der Waals surface area contributed by atoms with Gasteiger partial charge in [-0.3, -0.25) is 0 Å². The Morgan fingerprint density at radius 1 is 1.20 bits per heavy atom. The van der Waals surface area contributed by atoms with Crippen LogP contribution in [-0.4, -0.2) is 30.6 Å². The lowest BCUT2D eigenvalue weighted by Crippen LogP contribution is -2.39. The summed E-state index contributed by atoms with van der Waals surface area (Å²) >= 11 is 1.70. The van der Waals surface area contributed by atoms with Crippen LogP contribution in [0.4, 0.5) is 0 Å². The molecule has 0 saturated carbocycles. The van der Waals surface area contributed by atoms with E-state index in [1.165, 1.54) is 0 Å². The molecule has 0 aliphatic rings. The predicted molar refractivity (Wildman–Crippen MR) is 106 cm³/mol. The molecule has 0 aliphatic carbocycles. The fraction of sp³-hybridized carbons (Fsp3) is 0.474. The second kappa shape index (κ2) is 9.42. The number of aliphatic imine (C=N–C) groups is 1. The average molecular weight is 361 g/mol. The fourth-order valence-electron chi connectivity index (χ4n) is 2.08. The molecule has 0 aliphatic heterocycles. The molecule has 0 bridgehead atoms. The van der Waals surface area contributed by atoms with Crippen molar-refractivity contribution < 1.29 is 4.74 Å². The minimum Gasteiger partial charge on any atom is -0.492 e. The van der Waals surface area contributed by atoms with Crippen molar-refractivity contribution in [3.8, 4) is 5.75 Å². The van der Waals surface area contributed by atoms with E-state index in [1.807, 2.05) is 30.3 Å². The van der Waals surface area contributed by atoms with Crippen LogP contribution in [-0.2, 0) is 12.0 Å². The average Bonchev–Trinajstić information content (AvgIpc) is 3.07. The van der Waals surface area contributed by atoms with Crippen molar-refractivity contribution in [2.45, 2.75) is 39.7 Å². The van der Waals surface area contributed by atoms with E-state index in [1.54, 1.807) is 11.3 Å². The summed E-state index contributed by atoms with van der Waals surface area (Å²) in [4.78, 5) is 9.29. The summed E-state index contributed by atoms with van der Waals surface area (Å²) in [5, 5.41) is 9.77. The Morgan fingerprint density at radius 3 is 2.60 bits per heavy atom. The SMILES string of the molecule is CCNC(=NCc1csc(C(C)(C)C)n1)NCCOc1ccccc1. The number of hydrogen-bond acceptors (Lipinski definition) is 4. The first-order chi connectivity index (χ1) is 12.0. The van der Waals surface area contributed by atoms with Crippen LogP contribution in [0.5, 0.6) is 5.75 Å². The first-order valence-corrected chi connectivity index (χ1v) is 9.52. The second-order valence-corrected chi connectivity index (χ2v) is 7.54. The summed E-state index contributed by atoms with van der Waals surface area (Å²) in [5.74, 6) is 1.66. The largest absolute Gasteiger partial charge is 0.492 e. The molecule has 1 aromatic carbocycles.